The standard InChI is InChI=1S/C19H19N3O3/c1-22-16-7-5-4-6-13(16)11-17(22)19(23)21-20-12-14-10-15(24-2)8-9-18(14)25-3/h4-12H,1-3H3,(H,21,23)/b20-12+. The Balaban J connectivity index is 1.80. The summed E-state index contributed by atoms with van der Waals surface area (Å²) in [7, 11) is 5.02. The van der Waals surface area contributed by atoms with E-state index in [9.17, 15) is 4.79 Å². The minimum Gasteiger partial charge on any atom is -0.497 e. The molecule has 25 heavy (non-hydrogen) atoms. The quantitative estimate of drug-likeness (QED) is 0.575. The highest BCUT2D eigenvalue weighted by Crippen LogP contribution is 2.22. The lowest BCUT2D eigenvalue weighted by Gasteiger charge is -2.07. The molecule has 0 aliphatic carbocycles. The van der Waals surface area contributed by atoms with Crippen molar-refractivity contribution in [3.8, 4) is 11.5 Å². The zero-order chi connectivity index (χ0) is 17.8. The van der Waals surface area contributed by atoms with Crippen LogP contribution in [-0.2, 0) is 7.05 Å². The Morgan fingerprint density at radius 1 is 1.12 bits per heavy atom. The number of hydrogen-bond acceptors (Lipinski definition) is 4. The van der Waals surface area contributed by atoms with E-state index < -0.39 is 0 Å². The van der Waals surface area contributed by atoms with E-state index >= 15 is 0 Å². The summed E-state index contributed by atoms with van der Waals surface area (Å²) in [6.07, 6.45) is 1.53. The average Bonchev–Trinajstić information content (AvgIpc) is 2.98. The predicted octanol–water partition coefficient (Wildman–Crippen LogP) is 2.96. The van der Waals surface area contributed by atoms with Gasteiger partial charge in [-0.3, -0.25) is 4.79 Å². The summed E-state index contributed by atoms with van der Waals surface area (Å²) in [6.45, 7) is 0. The van der Waals surface area contributed by atoms with Crippen molar-refractivity contribution in [2.45, 2.75) is 0 Å². The van der Waals surface area contributed by atoms with E-state index in [0.717, 1.165) is 10.9 Å². The zero-order valence-corrected chi connectivity index (χ0v) is 14.3. The van der Waals surface area contributed by atoms with Crippen LogP contribution in [0.25, 0.3) is 10.9 Å². The fourth-order valence-electron chi connectivity index (χ4n) is 2.66. The molecule has 1 heterocycles. The fourth-order valence-corrected chi connectivity index (χ4v) is 2.66. The number of amides is 1. The topological polar surface area (TPSA) is 64.8 Å². The maximum absolute atomic E-state index is 12.4. The highest BCUT2D eigenvalue weighted by atomic mass is 16.5. The molecule has 0 radical (unpaired) electrons. The Hall–Kier alpha value is -3.28. The number of nitrogens with one attached hydrogen (secondary N) is 1. The smallest absolute Gasteiger partial charge is 0.287 e. The Labute approximate surface area is 145 Å². The summed E-state index contributed by atoms with van der Waals surface area (Å²) in [5.41, 5.74) is 4.79. The van der Waals surface area contributed by atoms with Crippen LogP contribution in [0, 0.1) is 0 Å². The molecule has 0 spiro atoms. The molecule has 2 aromatic carbocycles. The molecular formula is C19H19N3O3. The maximum Gasteiger partial charge on any atom is 0.287 e. The van der Waals surface area contributed by atoms with Crippen molar-refractivity contribution in [3.05, 3.63) is 59.8 Å². The van der Waals surface area contributed by atoms with Crippen molar-refractivity contribution in [1.82, 2.24) is 9.99 Å². The normalized spacial score (nSPS) is 11.0. The van der Waals surface area contributed by atoms with Gasteiger partial charge in [0.05, 0.1) is 20.4 Å². The monoisotopic (exact) mass is 337 g/mol. The van der Waals surface area contributed by atoms with E-state index in [1.165, 1.54) is 6.21 Å². The first-order valence-corrected chi connectivity index (χ1v) is 7.74. The van der Waals surface area contributed by atoms with Gasteiger partial charge < -0.3 is 14.0 Å². The number of fused-ring (bicyclic) bond motifs is 1. The minimum absolute atomic E-state index is 0.281. The number of ether oxygens (including phenoxy) is 2. The van der Waals surface area contributed by atoms with Crippen LogP contribution in [0.15, 0.2) is 53.6 Å². The number of rotatable bonds is 5. The first-order valence-electron chi connectivity index (χ1n) is 7.74. The number of benzene rings is 2. The van der Waals surface area contributed by atoms with Crippen LogP contribution >= 0.6 is 0 Å². The largest absolute Gasteiger partial charge is 0.497 e. The van der Waals surface area contributed by atoms with Crippen LogP contribution in [0.4, 0.5) is 0 Å². The van der Waals surface area contributed by atoms with Gasteiger partial charge in [-0.25, -0.2) is 5.43 Å². The summed E-state index contributed by atoms with van der Waals surface area (Å²) >= 11 is 0. The van der Waals surface area contributed by atoms with Crippen molar-refractivity contribution in [2.24, 2.45) is 12.1 Å². The molecule has 6 heteroatoms. The molecule has 1 aromatic heterocycles. The molecule has 128 valence electrons. The first kappa shape index (κ1) is 16.6. The van der Waals surface area contributed by atoms with Gasteiger partial charge in [0.2, 0.25) is 0 Å². The summed E-state index contributed by atoms with van der Waals surface area (Å²) in [5, 5.41) is 5.05. The lowest BCUT2D eigenvalue weighted by atomic mass is 10.2. The highest BCUT2D eigenvalue weighted by Gasteiger charge is 2.12. The van der Waals surface area contributed by atoms with E-state index in [4.69, 9.17) is 9.47 Å². The van der Waals surface area contributed by atoms with Crippen LogP contribution in [0.1, 0.15) is 16.1 Å². The molecule has 1 amide bonds. The number of nitrogens with zero attached hydrogens (tertiary/aromatic N) is 2. The summed E-state index contributed by atoms with van der Waals surface area (Å²) < 4.78 is 12.3. The van der Waals surface area contributed by atoms with Gasteiger partial charge in [0.25, 0.3) is 5.91 Å². The Kier molecular flexibility index (Phi) is 4.70. The fraction of sp³-hybridized carbons (Fsp3) is 0.158. The van der Waals surface area contributed by atoms with Crippen LogP contribution < -0.4 is 14.9 Å². The Morgan fingerprint density at radius 2 is 1.92 bits per heavy atom. The van der Waals surface area contributed by atoms with Gasteiger partial charge >= 0.3 is 0 Å². The second-order valence-electron chi connectivity index (χ2n) is 5.45. The van der Waals surface area contributed by atoms with E-state index in [-0.39, 0.29) is 5.91 Å². The van der Waals surface area contributed by atoms with E-state index in [1.807, 2.05) is 41.9 Å². The second kappa shape index (κ2) is 7.09. The van der Waals surface area contributed by atoms with Gasteiger partial charge in [0.15, 0.2) is 0 Å². The minimum atomic E-state index is -0.281. The number of para-hydroxylation sites is 1. The molecule has 1 N–H and O–H groups in total. The molecule has 0 atom stereocenters. The highest BCUT2D eigenvalue weighted by molar-refractivity contribution is 5.99. The first-order chi connectivity index (χ1) is 12.1. The number of carbonyl (C=O) groups excluding carboxylic acids is 1. The van der Waals surface area contributed by atoms with Crippen LogP contribution in [-0.4, -0.2) is 30.9 Å². The van der Waals surface area contributed by atoms with E-state index in [0.29, 0.717) is 22.8 Å². The van der Waals surface area contributed by atoms with Crippen LogP contribution in [0.5, 0.6) is 11.5 Å². The molecule has 0 fully saturated rings. The van der Waals surface area contributed by atoms with Gasteiger partial charge in [-0.1, -0.05) is 18.2 Å². The third kappa shape index (κ3) is 3.33. The Bertz CT molecular complexity index is 944. The third-order valence-corrected chi connectivity index (χ3v) is 3.99. The summed E-state index contributed by atoms with van der Waals surface area (Å²) in [6, 6.07) is 15.0. The molecule has 0 aliphatic rings. The van der Waals surface area contributed by atoms with Crippen molar-refractivity contribution in [1.29, 1.82) is 0 Å². The van der Waals surface area contributed by atoms with Crippen LogP contribution in [0.2, 0.25) is 0 Å². The molecule has 3 aromatic rings. The lowest BCUT2D eigenvalue weighted by molar-refractivity contribution is 0.0947. The van der Waals surface area contributed by atoms with Crippen molar-refractivity contribution in [3.63, 3.8) is 0 Å². The molecular weight excluding hydrogens is 318 g/mol. The molecule has 0 saturated carbocycles. The number of aryl methyl sites for hydroxylation is 1. The number of aromatic nitrogens is 1. The number of carbonyl (C=O) groups is 1. The molecule has 0 unspecified atom stereocenters. The SMILES string of the molecule is COc1ccc(OC)c(/C=N/NC(=O)c2cc3ccccc3n2C)c1. The van der Waals surface area contributed by atoms with Crippen molar-refractivity contribution in [2.75, 3.05) is 14.2 Å². The molecule has 0 saturated heterocycles. The van der Waals surface area contributed by atoms with Gasteiger partial charge in [0, 0.05) is 23.5 Å². The summed E-state index contributed by atoms with van der Waals surface area (Å²) in [5.74, 6) is 1.04. The number of hydrogen-bond donors (Lipinski definition) is 1. The lowest BCUT2D eigenvalue weighted by Crippen LogP contribution is -2.20. The maximum atomic E-state index is 12.4. The summed E-state index contributed by atoms with van der Waals surface area (Å²) in [4.78, 5) is 12.4. The molecule has 0 bridgehead atoms. The van der Waals surface area contributed by atoms with Gasteiger partial charge in [-0.05, 0) is 30.3 Å². The van der Waals surface area contributed by atoms with E-state index in [2.05, 4.69) is 10.5 Å². The van der Waals surface area contributed by atoms with Gasteiger partial charge in [0.1, 0.15) is 17.2 Å². The van der Waals surface area contributed by atoms with Crippen molar-refractivity contribution >= 4 is 23.0 Å². The predicted molar refractivity (Wildman–Crippen MR) is 97.5 cm³/mol. The van der Waals surface area contributed by atoms with Crippen LogP contribution in [0.3, 0.4) is 0 Å². The van der Waals surface area contributed by atoms with Gasteiger partial charge in [-0.15, -0.1) is 0 Å². The molecule has 6 nitrogen and oxygen atoms in total. The van der Waals surface area contributed by atoms with Gasteiger partial charge in [-0.2, -0.15) is 5.10 Å². The Morgan fingerprint density at radius 3 is 2.64 bits per heavy atom. The van der Waals surface area contributed by atoms with Crippen molar-refractivity contribution < 1.29 is 14.3 Å². The second-order valence-corrected chi connectivity index (χ2v) is 5.45. The number of methoxy groups -OCH3 is 2. The molecule has 0 aliphatic heterocycles. The van der Waals surface area contributed by atoms with E-state index in [1.54, 1.807) is 32.4 Å². The third-order valence-electron chi connectivity index (χ3n) is 3.99. The zero-order valence-electron chi connectivity index (χ0n) is 14.3. The molecule has 3 rings (SSSR count). The number of hydrazone groups is 1. The average molecular weight is 337 g/mol.